The number of nitrogens with zero attached hydrogens (tertiary/aromatic N) is 2. The maximum Gasteiger partial charge on any atom is 0.253 e. The summed E-state index contributed by atoms with van der Waals surface area (Å²) in [7, 11) is -3.48. The van der Waals surface area contributed by atoms with Crippen molar-refractivity contribution >= 4 is 32.7 Å². The number of aryl methyl sites for hydroxylation is 2. The fraction of sp³-hybridized carbons (Fsp3) is 0.360. The van der Waals surface area contributed by atoms with E-state index in [1.54, 1.807) is 18.5 Å². The second kappa shape index (κ2) is 10.2. The van der Waals surface area contributed by atoms with Crippen molar-refractivity contribution in [2.24, 2.45) is 0 Å². The monoisotopic (exact) mass is 466 g/mol. The number of amides is 1. The van der Waals surface area contributed by atoms with E-state index in [2.05, 4.69) is 33.2 Å². The van der Waals surface area contributed by atoms with Crippen LogP contribution in [0.5, 0.6) is 0 Å². The number of anilines is 1. The van der Waals surface area contributed by atoms with Crippen LogP contribution in [0.3, 0.4) is 0 Å². The first-order chi connectivity index (χ1) is 15.9. The smallest absolute Gasteiger partial charge is 0.253 e. The van der Waals surface area contributed by atoms with E-state index in [-0.39, 0.29) is 5.91 Å². The maximum absolute atomic E-state index is 13.2. The Hall–Kier alpha value is -3.13. The Labute approximate surface area is 195 Å². The van der Waals surface area contributed by atoms with Gasteiger partial charge in [0, 0.05) is 13.1 Å². The molecular weight excluding hydrogens is 436 g/mol. The van der Waals surface area contributed by atoms with E-state index in [1.807, 2.05) is 22.8 Å². The van der Waals surface area contributed by atoms with E-state index in [4.69, 9.17) is 0 Å². The zero-order valence-electron chi connectivity index (χ0n) is 18.9. The third-order valence-corrected chi connectivity index (χ3v) is 6.47. The largest absolute Gasteiger partial charge is 0.352 e. The molecule has 0 fully saturated rings. The summed E-state index contributed by atoms with van der Waals surface area (Å²) in [6, 6.07) is 13.4. The SMILES string of the molecule is CS(=O)(=O)Nc1cc(C(=O)NCCC2=CCCCC2)c2c(c1)ncn2CCc1ccccc1. The zero-order chi connectivity index (χ0) is 23.3. The van der Waals surface area contributed by atoms with Crippen molar-refractivity contribution in [2.75, 3.05) is 17.5 Å². The zero-order valence-corrected chi connectivity index (χ0v) is 19.7. The summed E-state index contributed by atoms with van der Waals surface area (Å²) >= 11 is 0. The number of hydrogen-bond acceptors (Lipinski definition) is 4. The number of carbonyl (C=O) groups is 1. The highest BCUT2D eigenvalue weighted by Crippen LogP contribution is 2.25. The highest BCUT2D eigenvalue weighted by atomic mass is 32.2. The van der Waals surface area contributed by atoms with Gasteiger partial charge in [0.15, 0.2) is 0 Å². The van der Waals surface area contributed by atoms with Gasteiger partial charge in [0.1, 0.15) is 0 Å². The first kappa shape index (κ1) is 23.0. The lowest BCUT2D eigenvalue weighted by atomic mass is 9.97. The van der Waals surface area contributed by atoms with Gasteiger partial charge in [0.2, 0.25) is 10.0 Å². The number of allylic oxidation sites excluding steroid dienone is 1. The molecule has 1 heterocycles. The number of hydrogen-bond donors (Lipinski definition) is 2. The molecule has 0 atom stereocenters. The lowest BCUT2D eigenvalue weighted by molar-refractivity contribution is 0.0955. The summed E-state index contributed by atoms with van der Waals surface area (Å²) in [6.07, 6.45) is 11.4. The molecular formula is C25H30N4O3S. The Morgan fingerprint density at radius 3 is 2.67 bits per heavy atom. The molecule has 0 unspecified atom stereocenters. The van der Waals surface area contributed by atoms with Gasteiger partial charge in [0.05, 0.1) is 34.9 Å². The number of imidazole rings is 1. The van der Waals surface area contributed by atoms with Gasteiger partial charge in [0.25, 0.3) is 5.91 Å². The first-order valence-corrected chi connectivity index (χ1v) is 13.2. The topological polar surface area (TPSA) is 93.1 Å². The molecule has 2 aromatic carbocycles. The average Bonchev–Trinajstić information content (AvgIpc) is 3.20. The summed E-state index contributed by atoms with van der Waals surface area (Å²) in [6.45, 7) is 1.21. The number of sulfonamides is 1. The highest BCUT2D eigenvalue weighted by Gasteiger charge is 2.18. The third-order valence-electron chi connectivity index (χ3n) is 5.86. The van der Waals surface area contributed by atoms with Gasteiger partial charge >= 0.3 is 0 Å². The summed E-state index contributed by atoms with van der Waals surface area (Å²) < 4.78 is 28.0. The predicted octanol–water partition coefficient (Wildman–Crippen LogP) is 4.27. The Bertz CT molecular complexity index is 1260. The summed E-state index contributed by atoms with van der Waals surface area (Å²) in [4.78, 5) is 17.7. The Balaban J connectivity index is 1.59. The van der Waals surface area contributed by atoms with E-state index in [1.165, 1.54) is 24.0 Å². The maximum atomic E-state index is 13.2. The van der Waals surface area contributed by atoms with E-state index in [9.17, 15) is 13.2 Å². The van der Waals surface area contributed by atoms with Crippen LogP contribution in [0.4, 0.5) is 5.69 Å². The molecule has 4 rings (SSSR count). The number of aromatic nitrogens is 2. The fourth-order valence-corrected chi connectivity index (χ4v) is 4.83. The number of fused-ring (bicyclic) bond motifs is 1. The Kier molecular flexibility index (Phi) is 7.13. The standard InChI is InChI=1S/C25H30N4O3S/c1-33(31,32)28-21-16-22(25(30)26-14-12-19-8-4-2-5-9-19)24-23(17-21)27-18-29(24)15-13-20-10-6-3-7-11-20/h3,6-8,10-11,16-18,28H,2,4-5,9,12-15H2,1H3,(H,26,30). The van der Waals surface area contributed by atoms with Crippen LogP contribution < -0.4 is 10.0 Å². The molecule has 3 aromatic rings. The highest BCUT2D eigenvalue weighted by molar-refractivity contribution is 7.92. The lowest BCUT2D eigenvalue weighted by Gasteiger charge is -2.14. The summed E-state index contributed by atoms with van der Waals surface area (Å²) in [5.41, 5.74) is 4.63. The van der Waals surface area contributed by atoms with Crippen LogP contribution in [-0.4, -0.2) is 36.7 Å². The normalized spacial score (nSPS) is 14.2. The predicted molar refractivity (Wildman–Crippen MR) is 132 cm³/mol. The lowest BCUT2D eigenvalue weighted by Crippen LogP contribution is -2.26. The molecule has 0 spiro atoms. The molecule has 7 nitrogen and oxygen atoms in total. The van der Waals surface area contributed by atoms with Crippen LogP contribution >= 0.6 is 0 Å². The van der Waals surface area contributed by atoms with Gasteiger partial charge in [-0.1, -0.05) is 42.0 Å². The van der Waals surface area contributed by atoms with Crippen LogP contribution in [0.1, 0.15) is 48.0 Å². The van der Waals surface area contributed by atoms with Gasteiger partial charge in [-0.3, -0.25) is 9.52 Å². The van der Waals surface area contributed by atoms with Crippen LogP contribution in [-0.2, 0) is 23.0 Å². The summed E-state index contributed by atoms with van der Waals surface area (Å²) in [5, 5.41) is 3.02. The van der Waals surface area contributed by atoms with E-state index in [0.717, 1.165) is 31.9 Å². The molecule has 1 amide bonds. The molecule has 1 aromatic heterocycles. The first-order valence-electron chi connectivity index (χ1n) is 11.4. The third kappa shape index (κ3) is 6.22. The van der Waals surface area contributed by atoms with E-state index in [0.29, 0.717) is 35.4 Å². The molecule has 2 N–H and O–H groups in total. The van der Waals surface area contributed by atoms with Crippen molar-refractivity contribution in [3.05, 3.63) is 71.6 Å². The molecule has 0 bridgehead atoms. The van der Waals surface area contributed by atoms with Gasteiger partial charge < -0.3 is 9.88 Å². The Morgan fingerprint density at radius 1 is 1.12 bits per heavy atom. The van der Waals surface area contributed by atoms with Crippen molar-refractivity contribution in [1.29, 1.82) is 0 Å². The second-order valence-electron chi connectivity index (χ2n) is 8.55. The summed E-state index contributed by atoms with van der Waals surface area (Å²) in [5.74, 6) is -0.227. The molecule has 1 aliphatic carbocycles. The van der Waals surface area contributed by atoms with Crippen molar-refractivity contribution in [3.8, 4) is 0 Å². The molecule has 0 saturated carbocycles. The minimum atomic E-state index is -3.48. The van der Waals surface area contributed by atoms with Gasteiger partial charge in [-0.05, 0) is 56.2 Å². The van der Waals surface area contributed by atoms with Crippen molar-refractivity contribution in [3.63, 3.8) is 0 Å². The average molecular weight is 467 g/mol. The number of benzene rings is 2. The molecule has 1 aliphatic rings. The molecule has 33 heavy (non-hydrogen) atoms. The van der Waals surface area contributed by atoms with Gasteiger partial charge in [-0.25, -0.2) is 13.4 Å². The van der Waals surface area contributed by atoms with Crippen molar-refractivity contribution in [1.82, 2.24) is 14.9 Å². The van der Waals surface area contributed by atoms with E-state index < -0.39 is 10.0 Å². The van der Waals surface area contributed by atoms with Crippen molar-refractivity contribution < 1.29 is 13.2 Å². The fourth-order valence-electron chi connectivity index (χ4n) is 4.28. The number of nitrogens with one attached hydrogen (secondary N) is 2. The Morgan fingerprint density at radius 2 is 1.94 bits per heavy atom. The van der Waals surface area contributed by atoms with Crippen LogP contribution in [0.15, 0.2) is 60.4 Å². The van der Waals surface area contributed by atoms with Crippen LogP contribution in [0, 0.1) is 0 Å². The minimum absolute atomic E-state index is 0.227. The van der Waals surface area contributed by atoms with Crippen LogP contribution in [0.25, 0.3) is 11.0 Å². The van der Waals surface area contributed by atoms with Crippen molar-refractivity contribution in [2.45, 2.75) is 45.1 Å². The second-order valence-corrected chi connectivity index (χ2v) is 10.3. The molecule has 8 heteroatoms. The molecule has 0 aliphatic heterocycles. The molecule has 174 valence electrons. The van der Waals surface area contributed by atoms with Crippen LogP contribution in [0.2, 0.25) is 0 Å². The number of carbonyl (C=O) groups excluding carboxylic acids is 1. The number of rotatable bonds is 9. The van der Waals surface area contributed by atoms with E-state index >= 15 is 0 Å². The molecule has 0 saturated heterocycles. The molecule has 0 radical (unpaired) electrons. The minimum Gasteiger partial charge on any atom is -0.352 e. The quantitative estimate of drug-likeness (QED) is 0.461. The van der Waals surface area contributed by atoms with Gasteiger partial charge in [-0.15, -0.1) is 0 Å². The van der Waals surface area contributed by atoms with Gasteiger partial charge in [-0.2, -0.15) is 0 Å².